The Morgan fingerprint density at radius 1 is 1.26 bits per heavy atom. The maximum absolute atomic E-state index is 11.1. The molecule has 1 aromatic carbocycles. The van der Waals surface area contributed by atoms with Crippen LogP contribution in [-0.4, -0.2) is 24.3 Å². The van der Waals surface area contributed by atoms with Gasteiger partial charge in [-0.2, -0.15) is 0 Å². The molecule has 3 rings (SSSR count). The number of nitro groups is 1. The van der Waals surface area contributed by atoms with Crippen molar-refractivity contribution in [1.82, 2.24) is 0 Å². The van der Waals surface area contributed by atoms with Crippen LogP contribution in [0.25, 0.3) is 0 Å². The van der Waals surface area contributed by atoms with Crippen molar-refractivity contribution in [1.29, 1.82) is 0 Å². The molecule has 0 unspecified atom stereocenters. The third-order valence-corrected chi connectivity index (χ3v) is 4.34. The molecule has 1 fully saturated rings. The number of hydrogen-bond acceptors (Lipinski definition) is 5. The highest BCUT2D eigenvalue weighted by Gasteiger charge is 2.26. The van der Waals surface area contributed by atoms with E-state index < -0.39 is 4.92 Å². The summed E-state index contributed by atoms with van der Waals surface area (Å²) in [6.45, 7) is 1.55. The number of aldehydes is 1. The fraction of sp³-hybridized carbons (Fsp3) is 0.353. The van der Waals surface area contributed by atoms with Crippen LogP contribution in [0.3, 0.4) is 0 Å². The summed E-state index contributed by atoms with van der Waals surface area (Å²) in [5.41, 5.74) is 1.86. The second kappa shape index (κ2) is 6.64. The predicted molar refractivity (Wildman–Crippen MR) is 85.8 cm³/mol. The molecule has 0 saturated carbocycles. The Hall–Kier alpha value is -2.63. The SMILES string of the molecule is O=Cc1oc([N+](=O)[O-])cc1N1CCC(Cc2ccccc2)CC1. The lowest BCUT2D eigenvalue weighted by Crippen LogP contribution is -2.34. The number of nitrogens with zero attached hydrogens (tertiary/aromatic N) is 2. The first kappa shape index (κ1) is 15.3. The lowest BCUT2D eigenvalue weighted by molar-refractivity contribution is -0.402. The number of benzene rings is 1. The van der Waals surface area contributed by atoms with Crippen LogP contribution in [0.4, 0.5) is 11.6 Å². The van der Waals surface area contributed by atoms with Crippen LogP contribution >= 0.6 is 0 Å². The summed E-state index contributed by atoms with van der Waals surface area (Å²) in [5.74, 6) is 0.252. The van der Waals surface area contributed by atoms with Crippen LogP contribution in [0.2, 0.25) is 0 Å². The van der Waals surface area contributed by atoms with Crippen LogP contribution in [0.15, 0.2) is 40.8 Å². The van der Waals surface area contributed by atoms with E-state index in [1.807, 2.05) is 23.1 Å². The molecule has 0 atom stereocenters. The van der Waals surface area contributed by atoms with Crippen LogP contribution < -0.4 is 4.90 Å². The lowest BCUT2D eigenvalue weighted by Gasteiger charge is -2.32. The first-order valence-electron chi connectivity index (χ1n) is 7.69. The summed E-state index contributed by atoms with van der Waals surface area (Å²) in [6.07, 6.45) is 3.57. The van der Waals surface area contributed by atoms with Gasteiger partial charge in [-0.25, -0.2) is 0 Å². The Morgan fingerprint density at radius 3 is 2.57 bits per heavy atom. The molecule has 6 heteroatoms. The van der Waals surface area contributed by atoms with E-state index in [9.17, 15) is 14.9 Å². The van der Waals surface area contributed by atoms with Crippen molar-refractivity contribution < 1.29 is 14.1 Å². The normalized spacial score (nSPS) is 15.6. The van der Waals surface area contributed by atoms with Gasteiger partial charge in [0.05, 0.1) is 11.8 Å². The predicted octanol–water partition coefficient (Wildman–Crippen LogP) is 3.46. The number of piperidine rings is 1. The number of rotatable bonds is 5. The highest BCUT2D eigenvalue weighted by molar-refractivity contribution is 5.82. The molecular weight excluding hydrogens is 296 g/mol. The molecular formula is C17H18N2O4. The second-order valence-corrected chi connectivity index (χ2v) is 5.83. The third-order valence-electron chi connectivity index (χ3n) is 4.34. The Kier molecular flexibility index (Phi) is 4.41. The average Bonchev–Trinajstić information content (AvgIpc) is 3.01. The molecule has 0 aliphatic carbocycles. The van der Waals surface area contributed by atoms with Gasteiger partial charge in [0.2, 0.25) is 0 Å². The number of anilines is 1. The summed E-state index contributed by atoms with van der Waals surface area (Å²) in [4.78, 5) is 23.3. The van der Waals surface area contributed by atoms with E-state index >= 15 is 0 Å². The Labute approximate surface area is 133 Å². The van der Waals surface area contributed by atoms with E-state index in [-0.39, 0.29) is 11.6 Å². The number of hydrogen-bond donors (Lipinski definition) is 0. The second-order valence-electron chi connectivity index (χ2n) is 5.83. The molecule has 0 spiro atoms. The lowest BCUT2D eigenvalue weighted by atomic mass is 9.90. The van der Waals surface area contributed by atoms with Crippen molar-refractivity contribution in [2.75, 3.05) is 18.0 Å². The van der Waals surface area contributed by atoms with Crippen LogP contribution in [0.5, 0.6) is 0 Å². The molecule has 1 saturated heterocycles. The highest BCUT2D eigenvalue weighted by Crippen LogP contribution is 2.32. The van der Waals surface area contributed by atoms with E-state index in [0.717, 1.165) is 32.4 Å². The third kappa shape index (κ3) is 3.41. The van der Waals surface area contributed by atoms with Crippen molar-refractivity contribution in [3.8, 4) is 0 Å². The van der Waals surface area contributed by atoms with Gasteiger partial charge in [-0.05, 0) is 30.7 Å². The Morgan fingerprint density at radius 2 is 1.96 bits per heavy atom. The Balaban J connectivity index is 1.65. The molecule has 1 aromatic heterocycles. The molecule has 0 radical (unpaired) electrons. The quantitative estimate of drug-likeness (QED) is 0.480. The molecule has 2 aromatic rings. The van der Waals surface area contributed by atoms with E-state index in [2.05, 4.69) is 12.1 Å². The summed E-state index contributed by atoms with van der Waals surface area (Å²) >= 11 is 0. The number of carbonyl (C=O) groups excluding carboxylic acids is 1. The monoisotopic (exact) mass is 314 g/mol. The van der Waals surface area contributed by atoms with Crippen molar-refractivity contribution in [2.24, 2.45) is 5.92 Å². The fourth-order valence-electron chi connectivity index (χ4n) is 3.13. The van der Waals surface area contributed by atoms with Crippen LogP contribution in [0, 0.1) is 16.0 Å². The zero-order chi connectivity index (χ0) is 16.2. The van der Waals surface area contributed by atoms with Gasteiger partial charge in [-0.3, -0.25) is 14.9 Å². The standard InChI is InChI=1S/C17H18N2O4/c20-12-16-15(11-17(23-16)19(21)22)18-8-6-14(7-9-18)10-13-4-2-1-3-5-13/h1-5,11-12,14H,6-10H2. The zero-order valence-corrected chi connectivity index (χ0v) is 12.7. The van der Waals surface area contributed by atoms with Gasteiger partial charge < -0.3 is 9.32 Å². The molecule has 23 heavy (non-hydrogen) atoms. The summed E-state index contributed by atoms with van der Waals surface area (Å²) in [5, 5.41) is 10.8. The summed E-state index contributed by atoms with van der Waals surface area (Å²) < 4.78 is 4.99. The maximum atomic E-state index is 11.1. The molecule has 6 nitrogen and oxygen atoms in total. The molecule has 0 N–H and O–H groups in total. The molecule has 1 aliphatic rings. The van der Waals surface area contributed by atoms with Gasteiger partial charge >= 0.3 is 5.88 Å². The average molecular weight is 314 g/mol. The van der Waals surface area contributed by atoms with Gasteiger partial charge in [0.25, 0.3) is 0 Å². The smallest absolute Gasteiger partial charge is 0.395 e. The molecule has 0 bridgehead atoms. The number of carbonyl (C=O) groups is 1. The van der Waals surface area contributed by atoms with Crippen LogP contribution in [-0.2, 0) is 6.42 Å². The minimum absolute atomic E-state index is 0.0400. The molecule has 2 heterocycles. The Bertz CT molecular complexity index is 688. The zero-order valence-electron chi connectivity index (χ0n) is 12.7. The fourth-order valence-corrected chi connectivity index (χ4v) is 3.13. The van der Waals surface area contributed by atoms with Crippen LogP contribution in [0.1, 0.15) is 29.0 Å². The summed E-state index contributed by atoms with van der Waals surface area (Å²) in [6, 6.07) is 11.7. The molecule has 0 amide bonds. The van der Waals surface area contributed by atoms with E-state index in [4.69, 9.17) is 4.42 Å². The first-order chi connectivity index (χ1) is 11.2. The van der Waals surface area contributed by atoms with Gasteiger partial charge in [0.15, 0.2) is 12.0 Å². The van der Waals surface area contributed by atoms with E-state index in [0.29, 0.717) is 17.9 Å². The minimum Gasteiger partial charge on any atom is -0.395 e. The van der Waals surface area contributed by atoms with Crippen molar-refractivity contribution in [3.05, 3.63) is 57.8 Å². The van der Waals surface area contributed by atoms with Gasteiger partial charge in [0.1, 0.15) is 4.92 Å². The van der Waals surface area contributed by atoms with Gasteiger partial charge in [0, 0.05) is 13.1 Å². The van der Waals surface area contributed by atoms with E-state index in [1.165, 1.54) is 11.6 Å². The maximum Gasteiger partial charge on any atom is 0.435 e. The van der Waals surface area contributed by atoms with Gasteiger partial charge in [-0.1, -0.05) is 30.3 Å². The largest absolute Gasteiger partial charge is 0.435 e. The number of furan rings is 1. The molecule has 120 valence electrons. The summed E-state index contributed by atoms with van der Waals surface area (Å²) in [7, 11) is 0. The highest BCUT2D eigenvalue weighted by atomic mass is 16.6. The van der Waals surface area contributed by atoms with Crippen molar-refractivity contribution >= 4 is 17.9 Å². The van der Waals surface area contributed by atoms with Crippen molar-refractivity contribution in [2.45, 2.75) is 19.3 Å². The van der Waals surface area contributed by atoms with E-state index in [1.54, 1.807) is 0 Å². The topological polar surface area (TPSA) is 76.6 Å². The van der Waals surface area contributed by atoms with Crippen molar-refractivity contribution in [3.63, 3.8) is 0 Å². The minimum atomic E-state index is -0.612. The molecule has 1 aliphatic heterocycles. The van der Waals surface area contributed by atoms with Gasteiger partial charge in [-0.15, -0.1) is 0 Å². The first-order valence-corrected chi connectivity index (χ1v) is 7.69.